The normalized spacial score (nSPS) is 18.0. The molecule has 0 saturated carbocycles. The molecule has 0 unspecified atom stereocenters. The van der Waals surface area contributed by atoms with Crippen LogP contribution in [0, 0.1) is 0 Å². The average Bonchev–Trinajstić information content (AvgIpc) is 3.28. The lowest BCUT2D eigenvalue weighted by Gasteiger charge is -2.23. The average molecular weight is 468 g/mol. The molecule has 0 bridgehead atoms. The van der Waals surface area contributed by atoms with Crippen LogP contribution in [0.3, 0.4) is 0 Å². The van der Waals surface area contributed by atoms with Gasteiger partial charge in [0.25, 0.3) is 0 Å². The first-order valence-electron chi connectivity index (χ1n) is 12.9. The highest BCUT2D eigenvalue weighted by atomic mass is 15.0. The first-order valence-corrected chi connectivity index (χ1v) is 12.9. The van der Waals surface area contributed by atoms with Crippen LogP contribution in [0.1, 0.15) is 62.8 Å². The molecule has 176 valence electrons. The Kier molecular flexibility index (Phi) is 4.36. The third-order valence-electron chi connectivity index (χ3n) is 8.48. The van der Waals surface area contributed by atoms with Gasteiger partial charge in [0.05, 0.1) is 0 Å². The lowest BCUT2D eigenvalue weighted by molar-refractivity contribution is 0.654. The topological polar surface area (TPSA) is 38.7 Å². The van der Waals surface area contributed by atoms with Gasteiger partial charge in [-0.3, -0.25) is 0 Å². The molecule has 7 rings (SSSR count). The quantitative estimate of drug-likeness (QED) is 0.301. The Morgan fingerprint density at radius 1 is 0.611 bits per heavy atom. The minimum atomic E-state index is -0.0521. The van der Waals surface area contributed by atoms with Gasteiger partial charge in [-0.15, -0.1) is 0 Å². The van der Waals surface area contributed by atoms with Gasteiger partial charge >= 0.3 is 0 Å². The molecule has 3 aliphatic rings. The van der Waals surface area contributed by atoms with Gasteiger partial charge in [0, 0.05) is 22.0 Å². The van der Waals surface area contributed by atoms with Crippen molar-refractivity contribution >= 4 is 5.57 Å². The fourth-order valence-corrected chi connectivity index (χ4v) is 6.52. The third-order valence-corrected chi connectivity index (χ3v) is 8.48. The number of rotatable bonds is 2. The molecule has 0 radical (unpaired) electrons. The van der Waals surface area contributed by atoms with E-state index in [1.54, 1.807) is 6.33 Å². The van der Waals surface area contributed by atoms with Crippen molar-refractivity contribution in [3.8, 4) is 33.9 Å². The maximum absolute atomic E-state index is 4.95. The molecule has 1 aromatic heterocycles. The van der Waals surface area contributed by atoms with Gasteiger partial charge in [0.2, 0.25) is 0 Å². The molecule has 0 amide bonds. The summed E-state index contributed by atoms with van der Waals surface area (Å²) in [6, 6.07) is 22.1. The molecule has 0 fully saturated rings. The van der Waals surface area contributed by atoms with Crippen LogP contribution in [0.15, 0.2) is 84.7 Å². The van der Waals surface area contributed by atoms with Crippen molar-refractivity contribution in [1.82, 2.24) is 15.0 Å². The molecule has 3 heteroatoms. The van der Waals surface area contributed by atoms with Crippen LogP contribution in [0.4, 0.5) is 0 Å². The number of allylic oxidation sites excluding steroid dienone is 4. The van der Waals surface area contributed by atoms with Gasteiger partial charge in [-0.1, -0.05) is 88.4 Å². The van der Waals surface area contributed by atoms with E-state index in [1.165, 1.54) is 44.5 Å². The van der Waals surface area contributed by atoms with Crippen molar-refractivity contribution in [2.24, 2.45) is 0 Å². The van der Waals surface area contributed by atoms with Crippen LogP contribution in [0.2, 0.25) is 0 Å². The maximum Gasteiger partial charge on any atom is 0.163 e. The van der Waals surface area contributed by atoms with Crippen molar-refractivity contribution in [2.75, 3.05) is 0 Å². The SMILES string of the molecule is CC1(C)C2=CCCC=C2c2ccc(-c3ncnc(-c4ccc5c(c4)C(C)(C)c4ccccc4-5)n3)cc21. The van der Waals surface area contributed by atoms with Crippen LogP contribution in [-0.4, -0.2) is 15.0 Å². The lowest BCUT2D eigenvalue weighted by atomic mass is 9.80. The maximum atomic E-state index is 4.95. The largest absolute Gasteiger partial charge is 0.217 e. The summed E-state index contributed by atoms with van der Waals surface area (Å²) in [4.78, 5) is 14.1. The Morgan fingerprint density at radius 3 is 1.97 bits per heavy atom. The van der Waals surface area contributed by atoms with Crippen molar-refractivity contribution in [1.29, 1.82) is 0 Å². The Labute approximate surface area is 212 Å². The molecule has 3 nitrogen and oxygen atoms in total. The van der Waals surface area contributed by atoms with Crippen LogP contribution in [0.25, 0.3) is 39.5 Å². The Hall–Kier alpha value is -3.85. The lowest BCUT2D eigenvalue weighted by Crippen LogP contribution is -2.16. The third kappa shape index (κ3) is 2.89. The second-order valence-corrected chi connectivity index (χ2v) is 11.3. The number of hydrogen-bond acceptors (Lipinski definition) is 3. The minimum Gasteiger partial charge on any atom is -0.217 e. The molecule has 0 atom stereocenters. The summed E-state index contributed by atoms with van der Waals surface area (Å²) < 4.78 is 0. The van der Waals surface area contributed by atoms with Crippen LogP contribution in [0.5, 0.6) is 0 Å². The first kappa shape index (κ1) is 21.4. The molecule has 0 N–H and O–H groups in total. The molecule has 3 aromatic carbocycles. The van der Waals surface area contributed by atoms with Gasteiger partial charge in [0.15, 0.2) is 11.6 Å². The van der Waals surface area contributed by atoms with Gasteiger partial charge in [-0.2, -0.15) is 0 Å². The molecular formula is C33H29N3. The summed E-state index contributed by atoms with van der Waals surface area (Å²) in [5.41, 5.74) is 12.9. The Bertz CT molecular complexity index is 1630. The predicted octanol–water partition coefficient (Wildman–Crippen LogP) is 7.91. The van der Waals surface area contributed by atoms with Crippen molar-refractivity contribution < 1.29 is 0 Å². The summed E-state index contributed by atoms with van der Waals surface area (Å²) in [5.74, 6) is 1.44. The number of hydrogen-bond donors (Lipinski definition) is 0. The van der Waals surface area contributed by atoms with E-state index in [0.29, 0.717) is 5.82 Å². The zero-order valence-electron chi connectivity index (χ0n) is 21.3. The van der Waals surface area contributed by atoms with E-state index in [2.05, 4.69) is 110 Å². The zero-order chi connectivity index (χ0) is 24.7. The van der Waals surface area contributed by atoms with E-state index < -0.39 is 0 Å². The summed E-state index contributed by atoms with van der Waals surface area (Å²) >= 11 is 0. The van der Waals surface area contributed by atoms with Gasteiger partial charge in [-0.25, -0.2) is 15.0 Å². The van der Waals surface area contributed by atoms with Crippen LogP contribution < -0.4 is 0 Å². The van der Waals surface area contributed by atoms with Gasteiger partial charge < -0.3 is 0 Å². The Balaban J connectivity index is 1.30. The van der Waals surface area contributed by atoms with E-state index in [9.17, 15) is 0 Å². The second-order valence-electron chi connectivity index (χ2n) is 11.3. The van der Waals surface area contributed by atoms with Gasteiger partial charge in [-0.05, 0) is 69.5 Å². The fraction of sp³-hybridized carbons (Fsp3) is 0.242. The monoisotopic (exact) mass is 467 g/mol. The smallest absolute Gasteiger partial charge is 0.163 e. The van der Waals surface area contributed by atoms with Crippen molar-refractivity contribution in [3.05, 3.63) is 107 Å². The van der Waals surface area contributed by atoms with E-state index in [1.807, 2.05) is 0 Å². The fourth-order valence-electron chi connectivity index (χ4n) is 6.52. The highest BCUT2D eigenvalue weighted by molar-refractivity contribution is 5.91. The van der Waals surface area contributed by atoms with Crippen molar-refractivity contribution in [2.45, 2.75) is 51.4 Å². The van der Waals surface area contributed by atoms with E-state index in [-0.39, 0.29) is 10.8 Å². The molecular weight excluding hydrogens is 438 g/mol. The molecule has 3 aliphatic carbocycles. The zero-order valence-corrected chi connectivity index (χ0v) is 21.3. The van der Waals surface area contributed by atoms with E-state index >= 15 is 0 Å². The van der Waals surface area contributed by atoms with E-state index in [4.69, 9.17) is 4.98 Å². The number of nitrogens with zero attached hydrogens (tertiary/aromatic N) is 3. The van der Waals surface area contributed by atoms with Crippen LogP contribution >= 0.6 is 0 Å². The first-order chi connectivity index (χ1) is 17.4. The highest BCUT2D eigenvalue weighted by Gasteiger charge is 2.39. The van der Waals surface area contributed by atoms with Crippen molar-refractivity contribution in [3.63, 3.8) is 0 Å². The van der Waals surface area contributed by atoms with Crippen LogP contribution in [-0.2, 0) is 10.8 Å². The molecule has 36 heavy (non-hydrogen) atoms. The summed E-state index contributed by atoms with van der Waals surface area (Å²) in [7, 11) is 0. The molecule has 1 heterocycles. The minimum absolute atomic E-state index is 0.00592. The Morgan fingerprint density at radius 2 is 1.22 bits per heavy atom. The standard InChI is InChI=1S/C33H29N3/c1-32(2)26-11-7-5-9-22(26)24-15-13-20(17-28(24)32)30-34-19-35-31(36-30)21-14-16-25-23-10-6-8-12-27(23)33(3,4)29(25)18-21/h5,7,9-19H,6,8H2,1-4H3. The molecule has 0 spiro atoms. The number of benzene rings is 3. The summed E-state index contributed by atoms with van der Waals surface area (Å²) in [6.45, 7) is 9.26. The molecule has 0 aliphatic heterocycles. The second kappa shape index (κ2) is 7.33. The number of fused-ring (bicyclic) bond motifs is 6. The summed E-state index contributed by atoms with van der Waals surface area (Å²) in [5, 5.41) is 0. The summed E-state index contributed by atoms with van der Waals surface area (Å²) in [6.07, 6.45) is 8.72. The predicted molar refractivity (Wildman–Crippen MR) is 147 cm³/mol. The number of aromatic nitrogens is 3. The molecule has 4 aromatic rings. The van der Waals surface area contributed by atoms with E-state index in [0.717, 1.165) is 29.8 Å². The highest BCUT2D eigenvalue weighted by Crippen LogP contribution is 2.52. The van der Waals surface area contributed by atoms with Gasteiger partial charge in [0.1, 0.15) is 6.33 Å². The molecule has 0 saturated heterocycles.